The Morgan fingerprint density at radius 2 is 1.05 bits per heavy atom. The molecule has 0 bridgehead atoms. The number of fused-ring (bicyclic) bond motifs is 1. The molecule has 2 rings (SSSR count). The molecular weight excluding hydrogens is 252 g/mol. The van der Waals surface area contributed by atoms with Crippen LogP contribution in [0.2, 0.25) is 0 Å². The van der Waals surface area contributed by atoms with E-state index in [1.165, 1.54) is 0 Å². The second-order valence-corrected chi connectivity index (χ2v) is 5.18. The minimum absolute atomic E-state index is 0.0275. The van der Waals surface area contributed by atoms with Gasteiger partial charge < -0.3 is 9.80 Å². The molecule has 2 aromatic rings. The lowest BCUT2D eigenvalue weighted by molar-refractivity contribution is 0.0820. The van der Waals surface area contributed by atoms with E-state index in [2.05, 4.69) is 0 Å². The van der Waals surface area contributed by atoms with E-state index in [1.807, 2.05) is 24.3 Å². The van der Waals surface area contributed by atoms with Gasteiger partial charge in [0.15, 0.2) is 0 Å². The van der Waals surface area contributed by atoms with Crippen LogP contribution in [0.4, 0.5) is 0 Å². The number of hydrogen-bond donors (Lipinski definition) is 0. The summed E-state index contributed by atoms with van der Waals surface area (Å²) in [5.41, 5.74) is 1.29. The predicted octanol–water partition coefficient (Wildman–Crippen LogP) is 2.24. The van der Waals surface area contributed by atoms with Gasteiger partial charge in [-0.25, -0.2) is 0 Å². The van der Waals surface area contributed by atoms with E-state index in [-0.39, 0.29) is 11.8 Å². The fourth-order valence-corrected chi connectivity index (χ4v) is 2.03. The molecule has 2 aromatic carbocycles. The molecule has 0 unspecified atom stereocenters. The Morgan fingerprint density at radius 3 is 1.35 bits per heavy atom. The monoisotopic (exact) mass is 270 g/mol. The highest BCUT2D eigenvalue weighted by Crippen LogP contribution is 2.19. The largest absolute Gasteiger partial charge is 0.345 e. The van der Waals surface area contributed by atoms with Gasteiger partial charge in [0.1, 0.15) is 0 Å². The van der Waals surface area contributed by atoms with Gasteiger partial charge >= 0.3 is 0 Å². The van der Waals surface area contributed by atoms with Crippen molar-refractivity contribution in [3.05, 3.63) is 47.5 Å². The van der Waals surface area contributed by atoms with E-state index in [0.717, 1.165) is 10.8 Å². The first-order chi connectivity index (χ1) is 9.40. The summed E-state index contributed by atoms with van der Waals surface area (Å²) in [5, 5.41) is 1.90. The highest BCUT2D eigenvalue weighted by Gasteiger charge is 2.11. The SMILES string of the molecule is CN(C)C(=O)c1ccc2cc(C(=O)N(C)C)ccc2c1. The van der Waals surface area contributed by atoms with E-state index in [9.17, 15) is 9.59 Å². The molecule has 0 spiro atoms. The second kappa shape index (κ2) is 5.33. The van der Waals surface area contributed by atoms with Crippen molar-refractivity contribution in [3.63, 3.8) is 0 Å². The summed E-state index contributed by atoms with van der Waals surface area (Å²) in [6, 6.07) is 11.0. The Morgan fingerprint density at radius 1 is 0.700 bits per heavy atom. The molecule has 20 heavy (non-hydrogen) atoms. The molecule has 4 heteroatoms. The van der Waals surface area contributed by atoms with Gasteiger partial charge in [-0.1, -0.05) is 12.1 Å². The van der Waals surface area contributed by atoms with Crippen molar-refractivity contribution in [2.24, 2.45) is 0 Å². The first-order valence-electron chi connectivity index (χ1n) is 6.37. The molecule has 4 nitrogen and oxygen atoms in total. The maximum atomic E-state index is 11.9. The number of rotatable bonds is 2. The van der Waals surface area contributed by atoms with Crippen molar-refractivity contribution in [1.82, 2.24) is 9.80 Å². The van der Waals surface area contributed by atoms with Gasteiger partial charge in [-0.15, -0.1) is 0 Å². The van der Waals surface area contributed by atoms with Crippen LogP contribution < -0.4 is 0 Å². The predicted molar refractivity (Wildman–Crippen MR) is 80.0 cm³/mol. The zero-order chi connectivity index (χ0) is 14.9. The Balaban J connectivity index is 2.45. The van der Waals surface area contributed by atoms with Crippen molar-refractivity contribution < 1.29 is 9.59 Å². The Bertz CT molecular complexity index is 616. The van der Waals surface area contributed by atoms with Crippen LogP contribution in [0.5, 0.6) is 0 Å². The first kappa shape index (κ1) is 14.1. The lowest BCUT2D eigenvalue weighted by Gasteiger charge is -2.12. The number of carbonyl (C=O) groups excluding carboxylic acids is 2. The van der Waals surface area contributed by atoms with E-state index >= 15 is 0 Å². The number of hydrogen-bond acceptors (Lipinski definition) is 2. The van der Waals surface area contributed by atoms with Gasteiger partial charge in [-0.3, -0.25) is 9.59 Å². The van der Waals surface area contributed by atoms with E-state index in [1.54, 1.807) is 50.1 Å². The quantitative estimate of drug-likeness (QED) is 0.839. The molecule has 0 aliphatic rings. The fourth-order valence-electron chi connectivity index (χ4n) is 2.03. The van der Waals surface area contributed by atoms with Gasteiger partial charge in [0.2, 0.25) is 0 Å². The van der Waals surface area contributed by atoms with Crippen LogP contribution in [-0.2, 0) is 0 Å². The summed E-state index contributed by atoms with van der Waals surface area (Å²) < 4.78 is 0. The maximum absolute atomic E-state index is 11.9. The summed E-state index contributed by atoms with van der Waals surface area (Å²) in [5.74, 6) is -0.0549. The molecule has 0 atom stereocenters. The molecule has 104 valence electrons. The highest BCUT2D eigenvalue weighted by atomic mass is 16.2. The number of amides is 2. The van der Waals surface area contributed by atoms with E-state index < -0.39 is 0 Å². The first-order valence-corrected chi connectivity index (χ1v) is 6.37. The minimum atomic E-state index is -0.0275. The smallest absolute Gasteiger partial charge is 0.253 e. The molecule has 0 N–H and O–H groups in total. The van der Waals surface area contributed by atoms with Crippen molar-refractivity contribution in [1.29, 1.82) is 0 Å². The molecule has 2 amide bonds. The molecule has 0 aliphatic carbocycles. The van der Waals surface area contributed by atoms with Crippen LogP contribution in [0.15, 0.2) is 36.4 Å². The van der Waals surface area contributed by atoms with Gasteiger partial charge in [-0.2, -0.15) is 0 Å². The summed E-state index contributed by atoms with van der Waals surface area (Å²) in [7, 11) is 6.91. The van der Waals surface area contributed by atoms with Crippen molar-refractivity contribution >= 4 is 22.6 Å². The number of benzene rings is 2. The van der Waals surface area contributed by atoms with Gasteiger partial charge in [0.25, 0.3) is 11.8 Å². The van der Waals surface area contributed by atoms with E-state index in [4.69, 9.17) is 0 Å². The van der Waals surface area contributed by atoms with Crippen LogP contribution in [0, 0.1) is 0 Å². The maximum Gasteiger partial charge on any atom is 0.253 e. The lowest BCUT2D eigenvalue weighted by atomic mass is 10.0. The van der Waals surface area contributed by atoms with Crippen LogP contribution >= 0.6 is 0 Å². The molecule has 0 heterocycles. The third-order valence-electron chi connectivity index (χ3n) is 3.15. The third-order valence-corrected chi connectivity index (χ3v) is 3.15. The summed E-state index contributed by atoms with van der Waals surface area (Å²) >= 11 is 0. The normalized spacial score (nSPS) is 10.4. The van der Waals surface area contributed by atoms with Crippen molar-refractivity contribution in [2.45, 2.75) is 0 Å². The van der Waals surface area contributed by atoms with Crippen LogP contribution in [0.1, 0.15) is 20.7 Å². The minimum Gasteiger partial charge on any atom is -0.345 e. The average molecular weight is 270 g/mol. The molecule has 0 aliphatic heterocycles. The Labute approximate surface area is 118 Å². The van der Waals surface area contributed by atoms with Gasteiger partial charge in [-0.05, 0) is 35.0 Å². The van der Waals surface area contributed by atoms with Crippen molar-refractivity contribution in [2.75, 3.05) is 28.2 Å². The summed E-state index contributed by atoms with van der Waals surface area (Å²) in [4.78, 5) is 26.9. The Kier molecular flexibility index (Phi) is 3.74. The third kappa shape index (κ3) is 2.64. The molecule has 0 saturated carbocycles. The Hall–Kier alpha value is -2.36. The van der Waals surface area contributed by atoms with Crippen molar-refractivity contribution in [3.8, 4) is 0 Å². The van der Waals surface area contributed by atoms with Crippen LogP contribution in [0.25, 0.3) is 10.8 Å². The molecule has 0 radical (unpaired) electrons. The lowest BCUT2D eigenvalue weighted by Crippen LogP contribution is -2.22. The number of nitrogens with zero attached hydrogens (tertiary/aromatic N) is 2. The zero-order valence-corrected chi connectivity index (χ0v) is 12.2. The summed E-state index contributed by atoms with van der Waals surface area (Å²) in [6.07, 6.45) is 0. The fraction of sp³-hybridized carbons (Fsp3) is 0.250. The zero-order valence-electron chi connectivity index (χ0n) is 12.2. The van der Waals surface area contributed by atoms with Gasteiger partial charge in [0.05, 0.1) is 0 Å². The van der Waals surface area contributed by atoms with E-state index in [0.29, 0.717) is 11.1 Å². The second-order valence-electron chi connectivity index (χ2n) is 5.18. The standard InChI is InChI=1S/C16H18N2O2/c1-17(2)15(19)13-7-5-12-10-14(16(20)18(3)4)8-6-11(12)9-13/h5-10H,1-4H3. The molecule has 0 fully saturated rings. The highest BCUT2D eigenvalue weighted by molar-refractivity contribution is 6.01. The number of carbonyl (C=O) groups is 2. The topological polar surface area (TPSA) is 40.6 Å². The van der Waals surface area contributed by atoms with Gasteiger partial charge in [0, 0.05) is 39.3 Å². The average Bonchev–Trinajstić information content (AvgIpc) is 2.44. The van der Waals surface area contributed by atoms with Crippen LogP contribution in [0.3, 0.4) is 0 Å². The molecule has 0 saturated heterocycles. The molecular formula is C16H18N2O2. The molecule has 0 aromatic heterocycles. The summed E-state index contributed by atoms with van der Waals surface area (Å²) in [6.45, 7) is 0. The van der Waals surface area contributed by atoms with Crippen LogP contribution in [-0.4, -0.2) is 49.8 Å².